The summed E-state index contributed by atoms with van der Waals surface area (Å²) in [6.45, 7) is 0.718. The quantitative estimate of drug-likeness (QED) is 0.731. The van der Waals surface area contributed by atoms with Gasteiger partial charge in [-0.25, -0.2) is 4.39 Å². The van der Waals surface area contributed by atoms with E-state index in [-0.39, 0.29) is 30.1 Å². The van der Waals surface area contributed by atoms with Gasteiger partial charge in [0.2, 0.25) is 17.7 Å². The lowest BCUT2D eigenvalue weighted by molar-refractivity contribution is -0.142. The first-order chi connectivity index (χ1) is 14.0. The molecule has 0 radical (unpaired) electrons. The number of hydrogen-bond acceptors (Lipinski definition) is 3. The third kappa shape index (κ3) is 5.55. The second kappa shape index (κ2) is 9.85. The first-order valence-electron chi connectivity index (χ1n) is 10.6. The number of nitrogens with zero attached hydrogens (tertiary/aromatic N) is 1. The van der Waals surface area contributed by atoms with Crippen molar-refractivity contribution in [3.05, 3.63) is 35.6 Å². The van der Waals surface area contributed by atoms with Crippen molar-refractivity contribution in [2.45, 2.75) is 57.4 Å². The topological polar surface area (TPSA) is 92.5 Å². The van der Waals surface area contributed by atoms with Gasteiger partial charge in [-0.2, -0.15) is 0 Å². The highest BCUT2D eigenvalue weighted by Crippen LogP contribution is 2.28. The van der Waals surface area contributed by atoms with Gasteiger partial charge in [-0.15, -0.1) is 0 Å². The molecule has 158 valence electrons. The molecule has 3 amide bonds. The fourth-order valence-electron chi connectivity index (χ4n) is 4.41. The number of primary amides is 1. The number of hydrogen-bond donors (Lipinski definition) is 2. The van der Waals surface area contributed by atoms with Crippen LogP contribution in [0.5, 0.6) is 0 Å². The molecule has 1 aliphatic carbocycles. The Morgan fingerprint density at radius 3 is 2.41 bits per heavy atom. The zero-order chi connectivity index (χ0) is 20.8. The molecule has 2 fully saturated rings. The number of amides is 3. The summed E-state index contributed by atoms with van der Waals surface area (Å²) in [5.41, 5.74) is 6.28. The lowest BCUT2D eigenvalue weighted by Crippen LogP contribution is -2.49. The van der Waals surface area contributed by atoms with E-state index in [0.717, 1.165) is 37.7 Å². The first-order valence-corrected chi connectivity index (χ1v) is 10.6. The number of nitrogens with one attached hydrogen (secondary N) is 1. The van der Waals surface area contributed by atoms with Crippen molar-refractivity contribution < 1.29 is 18.8 Å². The first kappa shape index (κ1) is 21.3. The third-order valence-corrected chi connectivity index (χ3v) is 6.11. The van der Waals surface area contributed by atoms with Gasteiger partial charge in [0.15, 0.2) is 0 Å². The molecule has 2 aliphatic rings. The Morgan fingerprint density at radius 1 is 1.07 bits per heavy atom. The highest BCUT2D eigenvalue weighted by molar-refractivity contribution is 5.89. The van der Waals surface area contributed by atoms with Gasteiger partial charge in [0, 0.05) is 19.0 Å². The lowest BCUT2D eigenvalue weighted by atomic mass is 9.88. The van der Waals surface area contributed by atoms with Crippen LogP contribution >= 0.6 is 0 Å². The molecule has 0 spiro atoms. The predicted octanol–water partition coefficient (Wildman–Crippen LogP) is 2.16. The summed E-state index contributed by atoms with van der Waals surface area (Å²) in [7, 11) is 0. The second-order valence-corrected chi connectivity index (χ2v) is 8.20. The number of halogens is 1. The summed E-state index contributed by atoms with van der Waals surface area (Å²) in [4.78, 5) is 39.2. The van der Waals surface area contributed by atoms with E-state index in [4.69, 9.17) is 5.73 Å². The molecule has 7 heteroatoms. The number of carbonyl (C=O) groups is 3. The minimum Gasteiger partial charge on any atom is -0.369 e. The van der Waals surface area contributed by atoms with Gasteiger partial charge in [-0.05, 0) is 49.8 Å². The summed E-state index contributed by atoms with van der Waals surface area (Å²) >= 11 is 0. The van der Waals surface area contributed by atoms with Gasteiger partial charge in [0.25, 0.3) is 0 Å². The standard InChI is InChI=1S/C22H30FN3O3/c23-18-10-8-15(9-11-18)13-17(20(24)27)14-25-21(28)19-7-4-12-26(19)22(29)16-5-2-1-3-6-16/h8-11,16-17,19H,1-7,12-14H2,(H2,24,27)(H,25,28). The van der Waals surface area contributed by atoms with Crippen molar-refractivity contribution in [2.75, 3.05) is 13.1 Å². The Morgan fingerprint density at radius 2 is 1.76 bits per heavy atom. The zero-order valence-electron chi connectivity index (χ0n) is 16.7. The Hall–Kier alpha value is -2.44. The molecular weight excluding hydrogens is 373 g/mol. The van der Waals surface area contributed by atoms with Gasteiger partial charge in [-0.1, -0.05) is 31.4 Å². The van der Waals surface area contributed by atoms with Gasteiger partial charge in [0.1, 0.15) is 11.9 Å². The average Bonchev–Trinajstić information content (AvgIpc) is 3.22. The Balaban J connectivity index is 1.56. The lowest BCUT2D eigenvalue weighted by Gasteiger charge is -2.30. The molecule has 3 N–H and O–H groups in total. The second-order valence-electron chi connectivity index (χ2n) is 8.20. The molecule has 2 atom stereocenters. The molecule has 29 heavy (non-hydrogen) atoms. The molecule has 2 unspecified atom stereocenters. The maximum atomic E-state index is 13.1. The van der Waals surface area contributed by atoms with Crippen LogP contribution in [0, 0.1) is 17.7 Å². The predicted molar refractivity (Wildman–Crippen MR) is 107 cm³/mol. The fraction of sp³-hybridized carbons (Fsp3) is 0.591. The number of carbonyl (C=O) groups excluding carboxylic acids is 3. The van der Waals surface area contributed by atoms with E-state index < -0.39 is 17.9 Å². The van der Waals surface area contributed by atoms with Crippen LogP contribution in [0.2, 0.25) is 0 Å². The van der Waals surface area contributed by atoms with Crippen LogP contribution in [-0.4, -0.2) is 41.8 Å². The van der Waals surface area contributed by atoms with E-state index in [2.05, 4.69) is 5.32 Å². The fourth-order valence-corrected chi connectivity index (χ4v) is 4.41. The van der Waals surface area contributed by atoms with Crippen LogP contribution in [0.25, 0.3) is 0 Å². The van der Waals surface area contributed by atoms with E-state index in [1.807, 2.05) is 0 Å². The van der Waals surface area contributed by atoms with E-state index in [1.165, 1.54) is 18.6 Å². The van der Waals surface area contributed by atoms with E-state index in [9.17, 15) is 18.8 Å². The highest BCUT2D eigenvalue weighted by atomic mass is 19.1. The minimum atomic E-state index is -0.590. The number of benzene rings is 1. The maximum Gasteiger partial charge on any atom is 0.242 e. The van der Waals surface area contributed by atoms with Crippen molar-refractivity contribution in [1.29, 1.82) is 0 Å². The van der Waals surface area contributed by atoms with Gasteiger partial charge in [-0.3, -0.25) is 14.4 Å². The van der Waals surface area contributed by atoms with Gasteiger partial charge < -0.3 is 16.0 Å². The molecule has 0 bridgehead atoms. The minimum absolute atomic E-state index is 0.0361. The monoisotopic (exact) mass is 403 g/mol. The number of nitrogens with two attached hydrogens (primary N) is 1. The third-order valence-electron chi connectivity index (χ3n) is 6.11. The van der Waals surface area contributed by atoms with Crippen LogP contribution in [0.15, 0.2) is 24.3 Å². The van der Waals surface area contributed by atoms with Crippen LogP contribution in [-0.2, 0) is 20.8 Å². The summed E-state index contributed by atoms with van der Waals surface area (Å²) < 4.78 is 13.1. The average molecular weight is 403 g/mol. The van der Waals surface area contributed by atoms with Crippen molar-refractivity contribution in [3.63, 3.8) is 0 Å². The molecule has 1 heterocycles. The van der Waals surface area contributed by atoms with E-state index in [0.29, 0.717) is 19.4 Å². The summed E-state index contributed by atoms with van der Waals surface area (Å²) in [5.74, 6) is -1.54. The van der Waals surface area contributed by atoms with Crippen molar-refractivity contribution in [3.8, 4) is 0 Å². The zero-order valence-corrected chi connectivity index (χ0v) is 16.7. The number of likely N-dealkylation sites (tertiary alicyclic amines) is 1. The van der Waals surface area contributed by atoms with E-state index in [1.54, 1.807) is 17.0 Å². The Bertz CT molecular complexity index is 731. The van der Waals surface area contributed by atoms with Crippen LogP contribution in [0.4, 0.5) is 4.39 Å². The normalized spacial score (nSPS) is 21.0. The SMILES string of the molecule is NC(=O)C(CNC(=O)C1CCCN1C(=O)C1CCCCC1)Cc1ccc(F)cc1. The molecule has 0 aromatic heterocycles. The molecule has 1 aromatic carbocycles. The molecular formula is C22H30FN3O3. The number of rotatable bonds is 7. The molecule has 1 aromatic rings. The maximum absolute atomic E-state index is 13.1. The molecule has 3 rings (SSSR count). The van der Waals surface area contributed by atoms with Crippen LogP contribution in [0.3, 0.4) is 0 Å². The van der Waals surface area contributed by atoms with Crippen LogP contribution < -0.4 is 11.1 Å². The Labute approximate surface area is 171 Å². The van der Waals surface area contributed by atoms with Crippen molar-refractivity contribution in [2.24, 2.45) is 17.6 Å². The summed E-state index contributed by atoms with van der Waals surface area (Å²) in [5, 5.41) is 2.82. The Kier molecular flexibility index (Phi) is 7.23. The smallest absolute Gasteiger partial charge is 0.242 e. The molecule has 1 aliphatic heterocycles. The van der Waals surface area contributed by atoms with E-state index >= 15 is 0 Å². The highest BCUT2D eigenvalue weighted by Gasteiger charge is 2.37. The molecule has 1 saturated carbocycles. The van der Waals surface area contributed by atoms with Crippen molar-refractivity contribution >= 4 is 17.7 Å². The van der Waals surface area contributed by atoms with Crippen LogP contribution in [0.1, 0.15) is 50.5 Å². The summed E-state index contributed by atoms with van der Waals surface area (Å²) in [6, 6.07) is 5.41. The largest absolute Gasteiger partial charge is 0.369 e. The van der Waals surface area contributed by atoms with Crippen molar-refractivity contribution in [1.82, 2.24) is 10.2 Å². The summed E-state index contributed by atoms with van der Waals surface area (Å²) in [6.07, 6.45) is 6.92. The molecule has 1 saturated heterocycles. The van der Waals surface area contributed by atoms with Gasteiger partial charge >= 0.3 is 0 Å². The van der Waals surface area contributed by atoms with Gasteiger partial charge in [0.05, 0.1) is 5.92 Å². The molecule has 6 nitrogen and oxygen atoms in total.